The van der Waals surface area contributed by atoms with E-state index < -0.39 is 0 Å². The Hall–Kier alpha value is -1.30. The number of benzene rings is 1. The highest BCUT2D eigenvalue weighted by Gasteiger charge is 2.23. The number of carbonyl (C=O) groups is 1. The second-order valence-corrected chi connectivity index (χ2v) is 5.44. The van der Waals surface area contributed by atoms with Crippen LogP contribution in [-0.2, 0) is 16.1 Å². The number of methoxy groups -OCH3 is 1. The molecule has 21 heavy (non-hydrogen) atoms. The molecule has 1 aliphatic rings. The van der Waals surface area contributed by atoms with Gasteiger partial charge in [0.2, 0.25) is 0 Å². The van der Waals surface area contributed by atoms with Gasteiger partial charge in [-0.15, -0.1) is 0 Å². The van der Waals surface area contributed by atoms with Crippen LogP contribution in [0.1, 0.15) is 18.4 Å². The maximum atomic E-state index is 11.7. The Balaban J connectivity index is 1.87. The third kappa shape index (κ3) is 5.53. The van der Waals surface area contributed by atoms with Crippen LogP contribution in [0.25, 0.3) is 0 Å². The molecule has 1 aromatic rings. The van der Waals surface area contributed by atoms with Crippen LogP contribution in [0.2, 0.25) is 5.02 Å². The monoisotopic (exact) mass is 312 g/mol. The molecule has 0 bridgehead atoms. The van der Waals surface area contributed by atoms with E-state index in [4.69, 9.17) is 21.1 Å². The number of para-hydroxylation sites is 1. The lowest BCUT2D eigenvalue weighted by atomic mass is 10.2. The average molecular weight is 313 g/mol. The van der Waals surface area contributed by atoms with Crippen LogP contribution in [0, 0.1) is 0 Å². The predicted octanol–water partition coefficient (Wildman–Crippen LogP) is 1.73. The highest BCUT2D eigenvalue weighted by atomic mass is 35.5. The Kier molecular flexibility index (Phi) is 6.29. The maximum Gasteiger partial charge on any atom is 0.258 e. The molecule has 5 nitrogen and oxygen atoms in total. The number of amides is 1. The Morgan fingerprint density at radius 3 is 2.95 bits per heavy atom. The Labute approximate surface area is 130 Å². The van der Waals surface area contributed by atoms with E-state index >= 15 is 0 Å². The Morgan fingerprint density at radius 2 is 2.24 bits per heavy atom. The van der Waals surface area contributed by atoms with Gasteiger partial charge in [-0.1, -0.05) is 23.7 Å². The van der Waals surface area contributed by atoms with Gasteiger partial charge >= 0.3 is 0 Å². The van der Waals surface area contributed by atoms with Crippen molar-refractivity contribution < 1.29 is 14.3 Å². The summed E-state index contributed by atoms with van der Waals surface area (Å²) in [6.45, 7) is 1.99. The summed E-state index contributed by atoms with van der Waals surface area (Å²) in [7, 11) is 1.66. The summed E-state index contributed by atoms with van der Waals surface area (Å²) in [5, 5.41) is 6.63. The number of halogens is 1. The molecule has 1 aromatic carbocycles. The molecule has 1 saturated carbocycles. The third-order valence-corrected chi connectivity index (χ3v) is 3.43. The van der Waals surface area contributed by atoms with E-state index in [0.29, 0.717) is 30.0 Å². The standard InChI is InChI=1S/C15H21ClN2O3/c1-20-8-7-17-9-11-3-2-4-13(16)15(11)21-10-14(19)18-12-5-6-12/h2-4,12,17H,5-10H2,1H3,(H,18,19). The van der Waals surface area contributed by atoms with E-state index in [9.17, 15) is 4.79 Å². The van der Waals surface area contributed by atoms with Gasteiger partial charge in [-0.25, -0.2) is 0 Å². The van der Waals surface area contributed by atoms with Crippen LogP contribution in [0.5, 0.6) is 5.75 Å². The Bertz CT molecular complexity index is 478. The predicted molar refractivity (Wildman–Crippen MR) is 81.7 cm³/mol. The third-order valence-electron chi connectivity index (χ3n) is 3.14. The summed E-state index contributed by atoms with van der Waals surface area (Å²) in [6.07, 6.45) is 2.12. The van der Waals surface area contributed by atoms with Gasteiger partial charge in [-0.3, -0.25) is 4.79 Å². The van der Waals surface area contributed by atoms with E-state index in [0.717, 1.165) is 24.9 Å². The first-order valence-corrected chi connectivity index (χ1v) is 7.47. The zero-order valence-corrected chi connectivity index (χ0v) is 12.9. The minimum atomic E-state index is -0.101. The molecule has 2 N–H and O–H groups in total. The molecular weight excluding hydrogens is 292 g/mol. The topological polar surface area (TPSA) is 59.6 Å². The lowest BCUT2D eigenvalue weighted by Crippen LogP contribution is -2.30. The maximum absolute atomic E-state index is 11.7. The van der Waals surface area contributed by atoms with Crippen molar-refractivity contribution in [3.05, 3.63) is 28.8 Å². The van der Waals surface area contributed by atoms with Crippen molar-refractivity contribution in [2.75, 3.05) is 26.9 Å². The molecule has 1 aliphatic carbocycles. The number of carbonyl (C=O) groups excluding carboxylic acids is 1. The fraction of sp³-hybridized carbons (Fsp3) is 0.533. The number of nitrogens with one attached hydrogen (secondary N) is 2. The largest absolute Gasteiger partial charge is 0.482 e. The molecule has 0 unspecified atom stereocenters. The van der Waals surface area contributed by atoms with Crippen molar-refractivity contribution in [3.8, 4) is 5.75 Å². The van der Waals surface area contributed by atoms with Crippen molar-refractivity contribution in [1.29, 1.82) is 0 Å². The minimum absolute atomic E-state index is 0.00863. The van der Waals surface area contributed by atoms with Crippen molar-refractivity contribution in [2.24, 2.45) is 0 Å². The first-order chi connectivity index (χ1) is 10.2. The highest BCUT2D eigenvalue weighted by molar-refractivity contribution is 6.32. The van der Waals surface area contributed by atoms with Crippen molar-refractivity contribution in [3.63, 3.8) is 0 Å². The smallest absolute Gasteiger partial charge is 0.258 e. The Morgan fingerprint density at radius 1 is 1.43 bits per heavy atom. The number of rotatable bonds is 9. The lowest BCUT2D eigenvalue weighted by molar-refractivity contribution is -0.123. The summed E-state index contributed by atoms with van der Waals surface area (Å²) in [6, 6.07) is 5.89. The second-order valence-electron chi connectivity index (χ2n) is 5.03. The van der Waals surface area contributed by atoms with Crippen molar-refractivity contribution >= 4 is 17.5 Å². The molecule has 0 radical (unpaired) electrons. The summed E-state index contributed by atoms with van der Waals surface area (Å²) in [5.74, 6) is 0.464. The SMILES string of the molecule is COCCNCc1cccc(Cl)c1OCC(=O)NC1CC1. The number of ether oxygens (including phenoxy) is 2. The number of hydrogen-bond donors (Lipinski definition) is 2. The molecule has 0 aromatic heterocycles. The van der Waals surface area contributed by atoms with E-state index in [1.807, 2.05) is 12.1 Å². The van der Waals surface area contributed by atoms with E-state index in [1.54, 1.807) is 13.2 Å². The minimum Gasteiger partial charge on any atom is -0.482 e. The van der Waals surface area contributed by atoms with Crippen LogP contribution in [0.15, 0.2) is 18.2 Å². The van der Waals surface area contributed by atoms with Gasteiger partial charge in [0, 0.05) is 31.8 Å². The number of hydrogen-bond acceptors (Lipinski definition) is 4. The van der Waals surface area contributed by atoms with Gasteiger partial charge in [-0.05, 0) is 18.9 Å². The molecule has 116 valence electrons. The summed E-state index contributed by atoms with van der Waals surface area (Å²) >= 11 is 6.16. The van der Waals surface area contributed by atoms with Crippen molar-refractivity contribution in [1.82, 2.24) is 10.6 Å². The fourth-order valence-electron chi connectivity index (χ4n) is 1.89. The zero-order valence-electron chi connectivity index (χ0n) is 12.2. The molecule has 1 fully saturated rings. The lowest BCUT2D eigenvalue weighted by Gasteiger charge is -2.13. The van der Waals surface area contributed by atoms with Gasteiger partial charge in [0.1, 0.15) is 5.75 Å². The molecule has 2 rings (SSSR count). The van der Waals surface area contributed by atoms with E-state index in [1.165, 1.54) is 0 Å². The molecular formula is C15H21ClN2O3. The molecule has 0 heterocycles. The molecule has 0 saturated heterocycles. The molecule has 1 amide bonds. The van der Waals surface area contributed by atoms with Crippen LogP contribution in [0.4, 0.5) is 0 Å². The van der Waals surface area contributed by atoms with Crippen LogP contribution in [0.3, 0.4) is 0 Å². The molecule has 0 spiro atoms. The van der Waals surface area contributed by atoms with Gasteiger partial charge in [0.15, 0.2) is 6.61 Å². The second kappa shape index (κ2) is 8.22. The van der Waals surface area contributed by atoms with E-state index in [-0.39, 0.29) is 12.5 Å². The summed E-state index contributed by atoms with van der Waals surface area (Å²) < 4.78 is 10.6. The first kappa shape index (κ1) is 16.1. The van der Waals surface area contributed by atoms with Gasteiger partial charge in [0.25, 0.3) is 5.91 Å². The zero-order chi connectivity index (χ0) is 15.1. The van der Waals surface area contributed by atoms with Gasteiger partial charge in [-0.2, -0.15) is 0 Å². The molecule has 0 aliphatic heterocycles. The van der Waals surface area contributed by atoms with Crippen molar-refractivity contribution in [2.45, 2.75) is 25.4 Å². The normalized spacial score (nSPS) is 14.0. The average Bonchev–Trinajstić information content (AvgIpc) is 3.26. The van der Waals surface area contributed by atoms with Gasteiger partial charge in [0.05, 0.1) is 11.6 Å². The fourth-order valence-corrected chi connectivity index (χ4v) is 2.14. The quantitative estimate of drug-likeness (QED) is 0.682. The van der Waals surface area contributed by atoms with Gasteiger partial charge < -0.3 is 20.1 Å². The van der Waals surface area contributed by atoms with Crippen LogP contribution in [-0.4, -0.2) is 38.8 Å². The summed E-state index contributed by atoms with van der Waals surface area (Å²) in [5.41, 5.74) is 0.929. The summed E-state index contributed by atoms with van der Waals surface area (Å²) in [4.78, 5) is 11.7. The molecule has 6 heteroatoms. The van der Waals surface area contributed by atoms with Crippen LogP contribution < -0.4 is 15.4 Å². The highest BCUT2D eigenvalue weighted by Crippen LogP contribution is 2.28. The molecule has 0 atom stereocenters. The first-order valence-electron chi connectivity index (χ1n) is 7.10. The van der Waals surface area contributed by atoms with Crippen LogP contribution >= 0.6 is 11.6 Å². The van der Waals surface area contributed by atoms with E-state index in [2.05, 4.69) is 10.6 Å².